The molecule has 0 spiro atoms. The smallest absolute Gasteiger partial charge is 0.312 e. The lowest BCUT2D eigenvalue weighted by Gasteiger charge is -2.38. The van der Waals surface area contributed by atoms with Gasteiger partial charge in [0.05, 0.1) is 18.1 Å². The summed E-state index contributed by atoms with van der Waals surface area (Å²) in [7, 11) is 0. The molecule has 0 aromatic carbocycles. The summed E-state index contributed by atoms with van der Waals surface area (Å²) in [5, 5.41) is 17.7. The summed E-state index contributed by atoms with van der Waals surface area (Å²) in [6.45, 7) is 6.98. The Morgan fingerprint density at radius 1 is 1.55 bits per heavy atom. The maximum Gasteiger partial charge on any atom is 0.312 e. The molecule has 1 aromatic heterocycles. The van der Waals surface area contributed by atoms with Gasteiger partial charge in [-0.15, -0.1) is 0 Å². The molecule has 0 atom stereocenters. The number of hydrogen-bond acceptors (Lipinski definition) is 5. The number of nitro groups is 1. The van der Waals surface area contributed by atoms with Gasteiger partial charge < -0.3 is 10.1 Å². The van der Waals surface area contributed by atoms with Crippen LogP contribution in [0.5, 0.6) is 0 Å². The van der Waals surface area contributed by atoms with E-state index in [0.717, 1.165) is 0 Å². The molecule has 1 amide bonds. The van der Waals surface area contributed by atoms with E-state index in [9.17, 15) is 14.9 Å². The zero-order valence-corrected chi connectivity index (χ0v) is 11.8. The Balaban J connectivity index is 1.97. The number of nitrogens with zero attached hydrogens (tertiary/aromatic N) is 3. The maximum atomic E-state index is 11.9. The Labute approximate surface area is 116 Å². The Bertz CT molecular complexity index is 548. The Kier molecular flexibility index (Phi) is 3.76. The lowest BCUT2D eigenvalue weighted by atomic mass is 9.89. The molecular weight excluding hydrogens is 264 g/mol. The van der Waals surface area contributed by atoms with E-state index in [1.54, 1.807) is 13.8 Å². The summed E-state index contributed by atoms with van der Waals surface area (Å²) in [6, 6.07) is 0. The third-order valence-corrected chi connectivity index (χ3v) is 3.43. The topological polar surface area (TPSA) is 99.3 Å². The molecule has 1 aliphatic rings. The predicted molar refractivity (Wildman–Crippen MR) is 70.3 cm³/mol. The van der Waals surface area contributed by atoms with E-state index in [2.05, 4.69) is 10.4 Å². The van der Waals surface area contributed by atoms with Crippen molar-refractivity contribution in [1.82, 2.24) is 15.1 Å². The number of aromatic nitrogens is 2. The standard InChI is InChI=1S/C12H18N4O4/c1-8-11(16(18)19)9(2)15(14-8)4-10(17)13-5-12(3)6-20-7-12/h4-7H2,1-3H3,(H,13,17). The number of hydrogen-bond donors (Lipinski definition) is 1. The van der Waals surface area contributed by atoms with Crippen LogP contribution in [0.2, 0.25) is 0 Å². The highest BCUT2D eigenvalue weighted by molar-refractivity contribution is 5.75. The summed E-state index contributed by atoms with van der Waals surface area (Å²) < 4.78 is 6.47. The second-order valence-electron chi connectivity index (χ2n) is 5.51. The highest BCUT2D eigenvalue weighted by Crippen LogP contribution is 2.25. The van der Waals surface area contributed by atoms with Gasteiger partial charge in [0.15, 0.2) is 0 Å². The van der Waals surface area contributed by atoms with Crippen LogP contribution in [0.15, 0.2) is 0 Å². The number of nitrogens with one attached hydrogen (secondary N) is 1. The highest BCUT2D eigenvalue weighted by Gasteiger charge is 2.33. The molecule has 1 saturated heterocycles. The molecule has 1 fully saturated rings. The van der Waals surface area contributed by atoms with Crippen LogP contribution in [0, 0.1) is 29.4 Å². The summed E-state index contributed by atoms with van der Waals surface area (Å²) in [5.74, 6) is -0.210. The van der Waals surface area contributed by atoms with Gasteiger partial charge in [-0.25, -0.2) is 0 Å². The lowest BCUT2D eigenvalue weighted by Crippen LogP contribution is -2.49. The molecule has 0 bridgehead atoms. The average Bonchev–Trinajstić information content (AvgIpc) is 2.59. The second-order valence-corrected chi connectivity index (χ2v) is 5.51. The first kappa shape index (κ1) is 14.4. The van der Waals surface area contributed by atoms with Crippen molar-refractivity contribution < 1.29 is 14.5 Å². The van der Waals surface area contributed by atoms with Crippen molar-refractivity contribution in [2.24, 2.45) is 5.41 Å². The molecule has 8 nitrogen and oxygen atoms in total. The fourth-order valence-corrected chi connectivity index (χ4v) is 2.16. The van der Waals surface area contributed by atoms with E-state index in [1.807, 2.05) is 6.92 Å². The van der Waals surface area contributed by atoms with Crippen molar-refractivity contribution in [2.75, 3.05) is 19.8 Å². The number of aryl methyl sites for hydroxylation is 1. The summed E-state index contributed by atoms with van der Waals surface area (Å²) in [5.41, 5.74) is 0.675. The van der Waals surface area contributed by atoms with E-state index in [-0.39, 0.29) is 23.6 Å². The van der Waals surface area contributed by atoms with Gasteiger partial charge in [-0.2, -0.15) is 5.10 Å². The van der Waals surface area contributed by atoms with E-state index in [4.69, 9.17) is 4.74 Å². The quantitative estimate of drug-likeness (QED) is 0.628. The molecule has 1 N–H and O–H groups in total. The largest absolute Gasteiger partial charge is 0.380 e. The SMILES string of the molecule is Cc1nn(CC(=O)NCC2(C)COC2)c(C)c1[N+](=O)[O-]. The summed E-state index contributed by atoms with van der Waals surface area (Å²) in [4.78, 5) is 22.3. The molecule has 2 heterocycles. The van der Waals surface area contributed by atoms with Crippen molar-refractivity contribution in [3.05, 3.63) is 21.5 Å². The highest BCUT2D eigenvalue weighted by atomic mass is 16.6. The molecule has 0 aliphatic carbocycles. The summed E-state index contributed by atoms with van der Waals surface area (Å²) in [6.07, 6.45) is 0. The van der Waals surface area contributed by atoms with Gasteiger partial charge in [0.1, 0.15) is 17.9 Å². The first-order valence-electron chi connectivity index (χ1n) is 6.35. The Hall–Kier alpha value is -1.96. The molecule has 110 valence electrons. The first-order valence-corrected chi connectivity index (χ1v) is 6.35. The van der Waals surface area contributed by atoms with Crippen LogP contribution in [0.4, 0.5) is 5.69 Å². The first-order chi connectivity index (χ1) is 9.32. The number of carbonyl (C=O) groups is 1. The Morgan fingerprint density at radius 3 is 2.65 bits per heavy atom. The van der Waals surface area contributed by atoms with Gasteiger partial charge in [0, 0.05) is 12.0 Å². The van der Waals surface area contributed by atoms with Crippen molar-refractivity contribution in [2.45, 2.75) is 27.3 Å². The number of amides is 1. The summed E-state index contributed by atoms with van der Waals surface area (Å²) >= 11 is 0. The molecule has 20 heavy (non-hydrogen) atoms. The van der Waals surface area contributed by atoms with E-state index in [0.29, 0.717) is 31.1 Å². The minimum Gasteiger partial charge on any atom is -0.380 e. The molecule has 0 radical (unpaired) electrons. The van der Waals surface area contributed by atoms with Gasteiger partial charge in [-0.3, -0.25) is 19.6 Å². The predicted octanol–water partition coefficient (Wildman–Crippen LogP) is 0.561. The molecule has 8 heteroatoms. The van der Waals surface area contributed by atoms with Crippen molar-refractivity contribution >= 4 is 11.6 Å². The minimum atomic E-state index is -0.473. The van der Waals surface area contributed by atoms with Crippen LogP contribution in [-0.4, -0.2) is 40.4 Å². The molecule has 0 saturated carbocycles. The van der Waals surface area contributed by atoms with E-state index in [1.165, 1.54) is 4.68 Å². The fraction of sp³-hybridized carbons (Fsp3) is 0.667. The van der Waals surface area contributed by atoms with Crippen LogP contribution in [0.3, 0.4) is 0 Å². The zero-order valence-electron chi connectivity index (χ0n) is 11.8. The minimum absolute atomic E-state index is 0.00324. The molecule has 1 aliphatic heterocycles. The third kappa shape index (κ3) is 2.79. The van der Waals surface area contributed by atoms with Crippen LogP contribution < -0.4 is 5.32 Å². The molecule has 1 aromatic rings. The maximum absolute atomic E-state index is 11.9. The monoisotopic (exact) mass is 282 g/mol. The van der Waals surface area contributed by atoms with Crippen LogP contribution in [0.1, 0.15) is 18.3 Å². The van der Waals surface area contributed by atoms with Crippen LogP contribution >= 0.6 is 0 Å². The number of ether oxygens (including phenoxy) is 1. The van der Waals surface area contributed by atoms with Crippen molar-refractivity contribution in [3.63, 3.8) is 0 Å². The van der Waals surface area contributed by atoms with Gasteiger partial charge in [0.2, 0.25) is 5.91 Å². The lowest BCUT2D eigenvalue weighted by molar-refractivity contribution is -0.386. The van der Waals surface area contributed by atoms with Crippen LogP contribution in [-0.2, 0) is 16.1 Å². The Morgan fingerprint density at radius 2 is 2.20 bits per heavy atom. The third-order valence-electron chi connectivity index (χ3n) is 3.43. The number of carbonyl (C=O) groups excluding carboxylic acids is 1. The van der Waals surface area contributed by atoms with E-state index >= 15 is 0 Å². The van der Waals surface area contributed by atoms with Gasteiger partial charge in [-0.1, -0.05) is 6.92 Å². The molecule has 2 rings (SSSR count). The average molecular weight is 282 g/mol. The normalized spacial score (nSPS) is 16.6. The molecular formula is C12H18N4O4. The van der Waals surface area contributed by atoms with Gasteiger partial charge in [-0.05, 0) is 13.8 Å². The molecule has 0 unspecified atom stereocenters. The van der Waals surface area contributed by atoms with Gasteiger partial charge >= 0.3 is 5.69 Å². The van der Waals surface area contributed by atoms with Gasteiger partial charge in [0.25, 0.3) is 0 Å². The van der Waals surface area contributed by atoms with Crippen molar-refractivity contribution in [3.8, 4) is 0 Å². The second kappa shape index (κ2) is 5.20. The number of rotatable bonds is 5. The van der Waals surface area contributed by atoms with E-state index < -0.39 is 4.92 Å². The van der Waals surface area contributed by atoms with Crippen molar-refractivity contribution in [1.29, 1.82) is 0 Å². The van der Waals surface area contributed by atoms with Crippen LogP contribution in [0.25, 0.3) is 0 Å². The fourth-order valence-electron chi connectivity index (χ4n) is 2.16. The zero-order chi connectivity index (χ0) is 14.9.